The molecule has 0 radical (unpaired) electrons. The molecule has 1 heterocycles. The number of nitrogens with zero attached hydrogens (tertiary/aromatic N) is 1. The van der Waals surface area contributed by atoms with Gasteiger partial charge in [0.25, 0.3) is 0 Å². The molecule has 2 atom stereocenters. The van der Waals surface area contributed by atoms with Crippen LogP contribution in [0, 0.1) is 35.0 Å². The van der Waals surface area contributed by atoms with Crippen molar-refractivity contribution in [1.82, 2.24) is 9.62 Å². The Morgan fingerprint density at radius 3 is 2.05 bits per heavy atom. The fourth-order valence-electron chi connectivity index (χ4n) is 8.27. The molecule has 4 aliphatic carbocycles. The molecule has 8 heteroatoms. The molecule has 0 aromatic heterocycles. The van der Waals surface area contributed by atoms with Gasteiger partial charge < -0.3 is 10.6 Å². The Morgan fingerprint density at radius 2 is 1.54 bits per heavy atom. The van der Waals surface area contributed by atoms with Crippen LogP contribution in [0.25, 0.3) is 0 Å². The zero-order valence-electron chi connectivity index (χ0n) is 22.1. The second-order valence-electron chi connectivity index (χ2n) is 12.5. The molecule has 5 fully saturated rings. The predicted octanol–water partition coefficient (Wildman–Crippen LogP) is 4.57. The molecule has 1 aromatic rings. The highest BCUT2D eigenvalue weighted by Crippen LogP contribution is 2.61. The van der Waals surface area contributed by atoms with Gasteiger partial charge in [-0.1, -0.05) is 20.4 Å². The summed E-state index contributed by atoms with van der Waals surface area (Å²) >= 11 is 0. The Bertz CT molecular complexity index is 1100. The Kier molecular flexibility index (Phi) is 7.26. The van der Waals surface area contributed by atoms with Gasteiger partial charge in [-0.2, -0.15) is 4.31 Å². The maximum Gasteiger partial charge on any atom is 0.243 e. The van der Waals surface area contributed by atoms with Crippen molar-refractivity contribution in [2.45, 2.75) is 76.2 Å². The maximum absolute atomic E-state index is 13.3. The molecule has 37 heavy (non-hydrogen) atoms. The summed E-state index contributed by atoms with van der Waals surface area (Å²) in [6, 6.07) is 6.40. The Hall–Kier alpha value is -2.19. The normalized spacial score (nSPS) is 35.2. The summed E-state index contributed by atoms with van der Waals surface area (Å²) in [5.41, 5.74) is 1.00. The minimum absolute atomic E-state index is 0.0117. The van der Waals surface area contributed by atoms with Crippen LogP contribution in [0.4, 0.5) is 5.69 Å². The second kappa shape index (κ2) is 10.2. The molecular weight excluding hydrogens is 486 g/mol. The standard InChI is InChI=1S/C29H41N3O4S/c1-4-26(33)31-28-19(2)17-32(18-20(28)3)37(35,36)25-7-5-24(6-8-25)30-27(34)9-10-29-14-21-11-22(15-29)13-23(12-21)16-29/h4-8,19-23,28H,1,9-18H2,2-3H3,(H,30,34)(H,31,33). The van der Waals surface area contributed by atoms with Crippen molar-refractivity contribution in [3.8, 4) is 0 Å². The molecule has 1 saturated heterocycles. The van der Waals surface area contributed by atoms with E-state index >= 15 is 0 Å². The smallest absolute Gasteiger partial charge is 0.243 e. The van der Waals surface area contributed by atoms with Gasteiger partial charge in [-0.15, -0.1) is 0 Å². The molecule has 4 bridgehead atoms. The minimum atomic E-state index is -3.68. The van der Waals surface area contributed by atoms with E-state index in [2.05, 4.69) is 17.2 Å². The lowest BCUT2D eigenvalue weighted by Crippen LogP contribution is -2.55. The SMILES string of the molecule is C=CC(=O)NC1C(C)CN(S(=O)(=O)c2ccc(NC(=O)CCC34CC5CC(CC(C5)C3)C4)cc2)CC1C. The first-order chi connectivity index (χ1) is 17.6. The number of carbonyl (C=O) groups excluding carboxylic acids is 2. The summed E-state index contributed by atoms with van der Waals surface area (Å²) in [7, 11) is -3.68. The van der Waals surface area contributed by atoms with Crippen molar-refractivity contribution in [2.75, 3.05) is 18.4 Å². The fourth-order valence-corrected chi connectivity index (χ4v) is 9.91. The number of sulfonamides is 1. The highest BCUT2D eigenvalue weighted by atomic mass is 32.2. The molecule has 7 nitrogen and oxygen atoms in total. The minimum Gasteiger partial charge on any atom is -0.349 e. The van der Waals surface area contributed by atoms with Gasteiger partial charge in [-0.25, -0.2) is 8.42 Å². The van der Waals surface area contributed by atoms with Crippen LogP contribution in [0.3, 0.4) is 0 Å². The van der Waals surface area contributed by atoms with E-state index in [1.165, 1.54) is 48.9 Å². The van der Waals surface area contributed by atoms with E-state index in [9.17, 15) is 18.0 Å². The third kappa shape index (κ3) is 5.51. The third-order valence-electron chi connectivity index (χ3n) is 9.53. The van der Waals surface area contributed by atoms with Gasteiger partial charge in [0, 0.05) is 31.2 Å². The van der Waals surface area contributed by atoms with E-state index in [4.69, 9.17) is 0 Å². The van der Waals surface area contributed by atoms with Crippen LogP contribution in [0.15, 0.2) is 41.8 Å². The molecule has 202 valence electrons. The predicted molar refractivity (Wildman–Crippen MR) is 144 cm³/mol. The van der Waals surface area contributed by atoms with Crippen molar-refractivity contribution in [3.63, 3.8) is 0 Å². The average Bonchev–Trinajstić information content (AvgIpc) is 2.84. The van der Waals surface area contributed by atoms with Crippen LogP contribution in [0.5, 0.6) is 0 Å². The van der Waals surface area contributed by atoms with Crippen molar-refractivity contribution < 1.29 is 18.0 Å². The van der Waals surface area contributed by atoms with E-state index in [1.807, 2.05) is 13.8 Å². The number of amides is 2. The maximum atomic E-state index is 13.3. The second-order valence-corrected chi connectivity index (χ2v) is 14.4. The summed E-state index contributed by atoms with van der Waals surface area (Å²) in [4.78, 5) is 24.7. The van der Waals surface area contributed by atoms with Gasteiger partial charge in [-0.3, -0.25) is 9.59 Å². The van der Waals surface area contributed by atoms with Crippen LogP contribution >= 0.6 is 0 Å². The molecular formula is C29H41N3O4S. The van der Waals surface area contributed by atoms with Crippen LogP contribution in [0.2, 0.25) is 0 Å². The Morgan fingerprint density at radius 1 is 1.00 bits per heavy atom. The quantitative estimate of drug-likeness (QED) is 0.484. The number of nitrogens with one attached hydrogen (secondary N) is 2. The number of hydrogen-bond donors (Lipinski definition) is 2. The van der Waals surface area contributed by atoms with Crippen LogP contribution < -0.4 is 10.6 Å². The van der Waals surface area contributed by atoms with E-state index < -0.39 is 10.0 Å². The Labute approximate surface area is 221 Å². The lowest BCUT2D eigenvalue weighted by molar-refractivity contribution is -0.119. The molecule has 0 spiro atoms. The van der Waals surface area contributed by atoms with Gasteiger partial charge >= 0.3 is 0 Å². The topological polar surface area (TPSA) is 95.6 Å². The van der Waals surface area contributed by atoms with Crippen molar-refractivity contribution in [3.05, 3.63) is 36.9 Å². The number of hydrogen-bond acceptors (Lipinski definition) is 4. The number of anilines is 1. The third-order valence-corrected chi connectivity index (χ3v) is 11.4. The molecule has 1 aliphatic heterocycles. The lowest BCUT2D eigenvalue weighted by Gasteiger charge is -2.57. The van der Waals surface area contributed by atoms with Gasteiger partial charge in [0.2, 0.25) is 21.8 Å². The monoisotopic (exact) mass is 527 g/mol. The zero-order valence-corrected chi connectivity index (χ0v) is 22.9. The number of benzene rings is 1. The molecule has 2 unspecified atom stereocenters. The summed E-state index contributed by atoms with van der Waals surface area (Å²) in [5.74, 6) is 2.35. The van der Waals surface area contributed by atoms with Crippen molar-refractivity contribution in [2.24, 2.45) is 35.0 Å². The summed E-state index contributed by atoms with van der Waals surface area (Å²) < 4.78 is 28.2. The van der Waals surface area contributed by atoms with Crippen LogP contribution in [-0.2, 0) is 19.6 Å². The van der Waals surface area contributed by atoms with E-state index in [-0.39, 0.29) is 34.6 Å². The molecule has 6 rings (SSSR count). The van der Waals surface area contributed by atoms with Gasteiger partial charge in [0.05, 0.1) is 4.90 Å². The summed E-state index contributed by atoms with van der Waals surface area (Å²) in [6.07, 6.45) is 10.9. The molecule has 4 saturated carbocycles. The van der Waals surface area contributed by atoms with Gasteiger partial charge in [0.1, 0.15) is 0 Å². The van der Waals surface area contributed by atoms with Crippen LogP contribution in [0.1, 0.15) is 65.2 Å². The van der Waals surface area contributed by atoms with Crippen molar-refractivity contribution in [1.29, 1.82) is 0 Å². The highest BCUT2D eigenvalue weighted by Gasteiger charge is 2.50. The van der Waals surface area contributed by atoms with Crippen LogP contribution in [-0.4, -0.2) is 43.7 Å². The number of rotatable bonds is 8. The lowest BCUT2D eigenvalue weighted by atomic mass is 9.48. The first-order valence-electron chi connectivity index (χ1n) is 13.9. The van der Waals surface area contributed by atoms with Gasteiger partial charge in [-0.05, 0) is 110 Å². The van der Waals surface area contributed by atoms with E-state index in [0.717, 1.165) is 24.2 Å². The number of carbonyl (C=O) groups is 2. The van der Waals surface area contributed by atoms with E-state index in [0.29, 0.717) is 30.6 Å². The van der Waals surface area contributed by atoms with Crippen molar-refractivity contribution >= 4 is 27.5 Å². The Balaban J connectivity index is 1.16. The average molecular weight is 528 g/mol. The zero-order chi connectivity index (χ0) is 26.4. The highest BCUT2D eigenvalue weighted by molar-refractivity contribution is 7.89. The number of piperidine rings is 1. The summed E-state index contributed by atoms with van der Waals surface area (Å²) in [6.45, 7) is 8.07. The first kappa shape index (κ1) is 26.4. The molecule has 2 N–H and O–H groups in total. The largest absolute Gasteiger partial charge is 0.349 e. The first-order valence-corrected chi connectivity index (χ1v) is 15.3. The summed E-state index contributed by atoms with van der Waals surface area (Å²) in [5, 5.41) is 5.91. The molecule has 1 aromatic carbocycles. The fraction of sp³-hybridized carbons (Fsp3) is 0.655. The van der Waals surface area contributed by atoms with Gasteiger partial charge in [0.15, 0.2) is 0 Å². The molecule has 2 amide bonds. The molecule has 5 aliphatic rings. The van der Waals surface area contributed by atoms with E-state index in [1.54, 1.807) is 24.3 Å².